The first-order valence-electron chi connectivity index (χ1n) is 6.09. The number of hydrogen-bond donors (Lipinski definition) is 2. The molecule has 2 N–H and O–H groups in total. The van der Waals surface area contributed by atoms with E-state index in [0.29, 0.717) is 0 Å². The molecule has 3 nitrogen and oxygen atoms in total. The summed E-state index contributed by atoms with van der Waals surface area (Å²) in [6.07, 6.45) is 0.724. The smallest absolute Gasteiger partial charge is 0.0798 e. The molecule has 96 valence electrons. The lowest BCUT2D eigenvalue weighted by Gasteiger charge is -2.18. The number of benzene rings is 1. The number of thiazole rings is 1. The molecular formula is C14H18N2OS. The Kier molecular flexibility index (Phi) is 4.87. The predicted octanol–water partition coefficient (Wildman–Crippen LogP) is 2.66. The van der Waals surface area contributed by atoms with Crippen molar-refractivity contribution in [2.24, 2.45) is 0 Å². The maximum atomic E-state index is 9.16. The van der Waals surface area contributed by atoms with Gasteiger partial charge in [-0.2, -0.15) is 0 Å². The number of aliphatic hydroxyl groups excluding tert-OH is 1. The van der Waals surface area contributed by atoms with E-state index >= 15 is 0 Å². The summed E-state index contributed by atoms with van der Waals surface area (Å²) in [7, 11) is 0. The molecule has 0 aliphatic rings. The van der Waals surface area contributed by atoms with Crippen molar-refractivity contribution in [1.29, 1.82) is 0 Å². The average molecular weight is 262 g/mol. The summed E-state index contributed by atoms with van der Waals surface area (Å²) in [5.74, 6) is 0. The molecule has 4 heteroatoms. The van der Waals surface area contributed by atoms with Gasteiger partial charge in [0.2, 0.25) is 0 Å². The Labute approximate surface area is 112 Å². The first-order valence-corrected chi connectivity index (χ1v) is 6.97. The summed E-state index contributed by atoms with van der Waals surface area (Å²) in [6.45, 7) is 3.02. The Bertz CT molecular complexity index is 470. The molecule has 1 aromatic heterocycles. The summed E-state index contributed by atoms with van der Waals surface area (Å²) in [6, 6.07) is 10.4. The van der Waals surface area contributed by atoms with Gasteiger partial charge in [0.15, 0.2) is 0 Å². The fourth-order valence-electron chi connectivity index (χ4n) is 1.91. The number of rotatable bonds is 6. The minimum atomic E-state index is 0.189. The third kappa shape index (κ3) is 3.38. The molecule has 0 saturated carbocycles. The molecule has 1 atom stereocenters. The van der Waals surface area contributed by atoms with E-state index in [-0.39, 0.29) is 12.6 Å². The van der Waals surface area contributed by atoms with Crippen LogP contribution in [0.15, 0.2) is 35.8 Å². The van der Waals surface area contributed by atoms with Gasteiger partial charge >= 0.3 is 0 Å². The van der Waals surface area contributed by atoms with Gasteiger partial charge in [-0.25, -0.2) is 4.98 Å². The van der Waals surface area contributed by atoms with Gasteiger partial charge in [0, 0.05) is 24.1 Å². The maximum Gasteiger partial charge on any atom is 0.0798 e. The van der Waals surface area contributed by atoms with Crippen LogP contribution in [0, 0.1) is 6.92 Å². The molecule has 0 saturated heterocycles. The highest BCUT2D eigenvalue weighted by molar-refractivity contribution is 7.09. The normalized spacial score (nSPS) is 12.6. The number of hydrogen-bond acceptors (Lipinski definition) is 4. The lowest BCUT2D eigenvalue weighted by atomic mass is 10.0. The van der Waals surface area contributed by atoms with E-state index in [9.17, 15) is 0 Å². The van der Waals surface area contributed by atoms with Crippen molar-refractivity contribution in [3.8, 4) is 0 Å². The van der Waals surface area contributed by atoms with Crippen LogP contribution in [-0.4, -0.2) is 16.7 Å². The Morgan fingerprint density at radius 3 is 2.72 bits per heavy atom. The standard InChI is InChI=1S/C14H18N2OS/c1-11-14(18-10-16-11)9-15-13(7-8-17)12-5-3-2-4-6-12/h2-6,10,13,15,17H,7-9H2,1H3/t13-/m1/s1. The third-order valence-electron chi connectivity index (χ3n) is 2.97. The van der Waals surface area contributed by atoms with Gasteiger partial charge in [-0.1, -0.05) is 30.3 Å². The lowest BCUT2D eigenvalue weighted by Crippen LogP contribution is -2.21. The zero-order valence-electron chi connectivity index (χ0n) is 10.5. The Morgan fingerprint density at radius 2 is 2.11 bits per heavy atom. The van der Waals surface area contributed by atoms with Crippen LogP contribution in [-0.2, 0) is 6.54 Å². The molecule has 1 heterocycles. The molecule has 0 aliphatic heterocycles. The topological polar surface area (TPSA) is 45.2 Å². The van der Waals surface area contributed by atoms with E-state index in [0.717, 1.165) is 18.7 Å². The van der Waals surface area contributed by atoms with E-state index in [1.54, 1.807) is 11.3 Å². The highest BCUT2D eigenvalue weighted by Crippen LogP contribution is 2.18. The zero-order valence-corrected chi connectivity index (χ0v) is 11.3. The highest BCUT2D eigenvalue weighted by atomic mass is 32.1. The van der Waals surface area contributed by atoms with Gasteiger partial charge in [0.05, 0.1) is 11.2 Å². The SMILES string of the molecule is Cc1ncsc1CN[C@H](CCO)c1ccccc1. The zero-order chi connectivity index (χ0) is 12.8. The van der Waals surface area contributed by atoms with E-state index in [1.807, 2.05) is 30.6 Å². The van der Waals surface area contributed by atoms with Gasteiger partial charge in [-0.15, -0.1) is 11.3 Å². The second-order valence-corrected chi connectivity index (χ2v) is 5.16. The molecule has 1 aromatic carbocycles. The maximum absolute atomic E-state index is 9.16. The van der Waals surface area contributed by atoms with Crippen molar-refractivity contribution in [3.05, 3.63) is 52.0 Å². The molecule has 0 amide bonds. The van der Waals surface area contributed by atoms with Crippen LogP contribution < -0.4 is 5.32 Å². The second-order valence-electron chi connectivity index (χ2n) is 4.22. The fourth-order valence-corrected chi connectivity index (χ4v) is 2.64. The predicted molar refractivity (Wildman–Crippen MR) is 74.6 cm³/mol. The minimum absolute atomic E-state index is 0.189. The van der Waals surface area contributed by atoms with Crippen molar-refractivity contribution >= 4 is 11.3 Å². The van der Waals surface area contributed by atoms with Crippen LogP contribution in [0.3, 0.4) is 0 Å². The summed E-state index contributed by atoms with van der Waals surface area (Å²) in [5.41, 5.74) is 4.17. The Morgan fingerprint density at radius 1 is 1.33 bits per heavy atom. The second kappa shape index (κ2) is 6.64. The van der Waals surface area contributed by atoms with Crippen LogP contribution in [0.4, 0.5) is 0 Å². The number of nitrogens with zero attached hydrogens (tertiary/aromatic N) is 1. The molecule has 2 rings (SSSR count). The van der Waals surface area contributed by atoms with Gasteiger partial charge < -0.3 is 10.4 Å². The van der Waals surface area contributed by atoms with E-state index in [2.05, 4.69) is 22.4 Å². The third-order valence-corrected chi connectivity index (χ3v) is 3.91. The molecule has 0 unspecified atom stereocenters. The van der Waals surface area contributed by atoms with Crippen molar-refractivity contribution in [2.75, 3.05) is 6.61 Å². The van der Waals surface area contributed by atoms with Crippen LogP contribution in [0.2, 0.25) is 0 Å². The van der Waals surface area contributed by atoms with Crippen molar-refractivity contribution < 1.29 is 5.11 Å². The van der Waals surface area contributed by atoms with Crippen molar-refractivity contribution in [3.63, 3.8) is 0 Å². The van der Waals surface area contributed by atoms with Gasteiger partial charge in [0.1, 0.15) is 0 Å². The number of nitrogens with one attached hydrogen (secondary N) is 1. The number of aromatic nitrogens is 1. The van der Waals surface area contributed by atoms with Crippen LogP contribution >= 0.6 is 11.3 Å². The fraction of sp³-hybridized carbons (Fsp3) is 0.357. The first-order chi connectivity index (χ1) is 8.81. The Balaban J connectivity index is 2.01. The van der Waals surface area contributed by atoms with E-state index in [4.69, 9.17) is 5.11 Å². The largest absolute Gasteiger partial charge is 0.396 e. The molecule has 0 aliphatic carbocycles. The van der Waals surface area contributed by atoms with Gasteiger partial charge in [0.25, 0.3) is 0 Å². The van der Waals surface area contributed by atoms with Gasteiger partial charge in [-0.05, 0) is 18.9 Å². The molecule has 2 aromatic rings. The van der Waals surface area contributed by atoms with Crippen LogP contribution in [0.1, 0.15) is 28.6 Å². The van der Waals surface area contributed by atoms with Gasteiger partial charge in [-0.3, -0.25) is 0 Å². The van der Waals surface area contributed by atoms with Crippen LogP contribution in [0.5, 0.6) is 0 Å². The summed E-state index contributed by atoms with van der Waals surface area (Å²) < 4.78 is 0. The molecule has 0 bridgehead atoms. The van der Waals surface area contributed by atoms with E-state index in [1.165, 1.54) is 10.4 Å². The quantitative estimate of drug-likeness (QED) is 0.841. The van der Waals surface area contributed by atoms with Crippen molar-refractivity contribution in [1.82, 2.24) is 10.3 Å². The number of aliphatic hydroxyl groups is 1. The molecular weight excluding hydrogens is 244 g/mol. The molecule has 0 radical (unpaired) electrons. The minimum Gasteiger partial charge on any atom is -0.396 e. The first kappa shape index (κ1) is 13.2. The molecule has 18 heavy (non-hydrogen) atoms. The summed E-state index contributed by atoms with van der Waals surface area (Å²) in [4.78, 5) is 5.50. The summed E-state index contributed by atoms with van der Waals surface area (Å²) in [5, 5.41) is 12.7. The van der Waals surface area contributed by atoms with Crippen LogP contribution in [0.25, 0.3) is 0 Å². The van der Waals surface area contributed by atoms with E-state index < -0.39 is 0 Å². The molecule has 0 fully saturated rings. The monoisotopic (exact) mass is 262 g/mol. The lowest BCUT2D eigenvalue weighted by molar-refractivity contribution is 0.265. The summed E-state index contributed by atoms with van der Waals surface area (Å²) >= 11 is 1.67. The number of aryl methyl sites for hydroxylation is 1. The highest BCUT2D eigenvalue weighted by Gasteiger charge is 2.11. The van der Waals surface area contributed by atoms with Crippen molar-refractivity contribution in [2.45, 2.75) is 25.9 Å². The molecule has 0 spiro atoms. The Hall–Kier alpha value is -1.23. The average Bonchev–Trinajstić information content (AvgIpc) is 2.81.